The molecule has 1 heterocycles. The van der Waals surface area contributed by atoms with Crippen molar-refractivity contribution in [1.82, 2.24) is 10.2 Å². The van der Waals surface area contributed by atoms with Crippen molar-refractivity contribution in [2.45, 2.75) is 116 Å². The number of nitrogens with one attached hydrogen (secondary N) is 1. The fourth-order valence-electron chi connectivity index (χ4n) is 8.44. The molecule has 7 atom stereocenters. The van der Waals surface area contributed by atoms with Gasteiger partial charge in [-0.2, -0.15) is 0 Å². The maximum absolute atomic E-state index is 15.3. The molecular weight excluding hydrogens is 668 g/mol. The van der Waals surface area contributed by atoms with Gasteiger partial charge in [0.1, 0.15) is 17.7 Å². The lowest BCUT2D eigenvalue weighted by atomic mass is 9.64. The maximum Gasteiger partial charge on any atom is 0.412 e. The van der Waals surface area contributed by atoms with E-state index in [1.54, 1.807) is 46.8 Å². The summed E-state index contributed by atoms with van der Waals surface area (Å²) in [6.45, 7) is 15.1. The second-order valence-electron chi connectivity index (χ2n) is 16.4. The predicted molar refractivity (Wildman–Crippen MR) is 204 cm³/mol. The number of nitrogens with zero attached hydrogens (tertiary/aromatic N) is 1. The summed E-state index contributed by atoms with van der Waals surface area (Å²) in [6, 6.07) is 27.3. The first kappa shape index (κ1) is 39.5. The van der Waals surface area contributed by atoms with Gasteiger partial charge in [-0.25, -0.2) is 14.4 Å². The quantitative estimate of drug-likeness (QED) is 0.167. The van der Waals surface area contributed by atoms with Crippen LogP contribution in [0, 0.1) is 17.8 Å². The molecule has 53 heavy (non-hydrogen) atoms. The van der Waals surface area contributed by atoms with E-state index in [9.17, 15) is 14.4 Å². The molecule has 1 N–H and O–H groups in total. The maximum atomic E-state index is 15.3. The zero-order valence-electron chi connectivity index (χ0n) is 32.5. The molecule has 3 aromatic carbocycles. The van der Waals surface area contributed by atoms with E-state index in [1.807, 2.05) is 66.7 Å². The summed E-state index contributed by atoms with van der Waals surface area (Å²) < 4.78 is 18.2. The number of carbonyl (C=O) groups is 4. The van der Waals surface area contributed by atoms with Crippen molar-refractivity contribution in [3.8, 4) is 0 Å². The van der Waals surface area contributed by atoms with Crippen LogP contribution < -0.4 is 5.32 Å². The first-order chi connectivity index (χ1) is 25.1. The molecule has 0 radical (unpaired) electrons. The van der Waals surface area contributed by atoms with Gasteiger partial charge in [0.15, 0.2) is 5.54 Å². The Kier molecular flexibility index (Phi) is 12.0. The van der Waals surface area contributed by atoms with E-state index in [0.29, 0.717) is 12.0 Å². The molecule has 9 heteroatoms. The molecule has 5 rings (SSSR count). The molecule has 0 bridgehead atoms. The van der Waals surface area contributed by atoms with Crippen LogP contribution in [0.2, 0.25) is 0 Å². The highest BCUT2D eigenvalue weighted by molar-refractivity contribution is 5.99. The average Bonchev–Trinajstić information content (AvgIpc) is 3.41. The molecule has 0 spiro atoms. The summed E-state index contributed by atoms with van der Waals surface area (Å²) in [5, 5.41) is 3.04. The summed E-state index contributed by atoms with van der Waals surface area (Å²) in [4.78, 5) is 60.0. The van der Waals surface area contributed by atoms with Crippen molar-refractivity contribution < 1.29 is 33.4 Å². The van der Waals surface area contributed by atoms with E-state index in [0.717, 1.165) is 28.9 Å². The minimum absolute atomic E-state index is 0.0290. The van der Waals surface area contributed by atoms with E-state index < -0.39 is 59.1 Å². The number of ether oxygens (including phenoxy) is 3. The molecule has 1 saturated heterocycles. The van der Waals surface area contributed by atoms with Gasteiger partial charge in [0.2, 0.25) is 5.91 Å². The Balaban J connectivity index is 1.66. The Morgan fingerprint density at radius 1 is 0.849 bits per heavy atom. The van der Waals surface area contributed by atoms with Crippen LogP contribution >= 0.6 is 0 Å². The van der Waals surface area contributed by atoms with Crippen LogP contribution in [0.5, 0.6) is 0 Å². The number of benzene rings is 3. The Hall–Kier alpha value is -4.66. The summed E-state index contributed by atoms with van der Waals surface area (Å²) in [7, 11) is 0. The molecule has 2 amide bonds. The van der Waals surface area contributed by atoms with Crippen LogP contribution in [-0.2, 0) is 40.6 Å². The lowest BCUT2D eigenvalue weighted by Crippen LogP contribution is -2.62. The van der Waals surface area contributed by atoms with E-state index in [2.05, 4.69) is 38.2 Å². The number of amides is 2. The van der Waals surface area contributed by atoms with Crippen molar-refractivity contribution in [1.29, 1.82) is 0 Å². The second kappa shape index (κ2) is 16.1. The topological polar surface area (TPSA) is 111 Å². The number of hydrogen-bond donors (Lipinski definition) is 1. The lowest BCUT2D eigenvalue weighted by Gasteiger charge is -2.45. The highest BCUT2D eigenvalue weighted by Gasteiger charge is 2.69. The SMILES string of the molecule is CCOC(=O)[C@@H]1[C@@H](c2ccccc2)[C@H](C(=O)NCc2ccccc2)[C@@](C)(C(=O)O[C@@H]2C[C@H](C)CC[C@H]2C(C)(C)c2ccccc2)N1C(=O)OC(C)(C)C. The fraction of sp³-hybridized carbons (Fsp3) is 0.500. The zero-order valence-corrected chi connectivity index (χ0v) is 32.5. The van der Waals surface area contributed by atoms with Crippen molar-refractivity contribution in [2.75, 3.05) is 6.61 Å². The standard InChI is InChI=1S/C44H56N2O7/c1-9-51-39(48)37-35(31-21-15-11-16-22-31)36(38(47)45-28-30-19-13-10-14-20-30)44(8,46(37)41(50)53-42(3,4)5)40(49)52-34-27-29(2)25-26-33(34)43(6,7)32-23-17-12-18-24-32/h10-24,29,33-37H,9,25-28H2,1-8H3,(H,45,47)/t29-,33-,34-,35+,36-,37+,44+/m1/s1. The molecule has 2 aliphatic rings. The molecule has 1 aliphatic heterocycles. The smallest absolute Gasteiger partial charge is 0.412 e. The highest BCUT2D eigenvalue weighted by Crippen LogP contribution is 2.52. The monoisotopic (exact) mass is 724 g/mol. The third-order valence-electron chi connectivity index (χ3n) is 11.1. The number of rotatable bonds is 10. The Morgan fingerprint density at radius 3 is 2.02 bits per heavy atom. The van der Waals surface area contributed by atoms with Gasteiger partial charge in [-0.3, -0.25) is 9.69 Å². The molecule has 1 aliphatic carbocycles. The Labute approximate surface area is 314 Å². The summed E-state index contributed by atoms with van der Waals surface area (Å²) in [5.74, 6) is -4.00. The Bertz CT molecular complexity index is 1720. The molecule has 2 fully saturated rings. The molecule has 284 valence electrons. The van der Waals surface area contributed by atoms with Crippen LogP contribution in [0.15, 0.2) is 91.0 Å². The van der Waals surface area contributed by atoms with Crippen LogP contribution in [-0.4, -0.2) is 58.7 Å². The highest BCUT2D eigenvalue weighted by atomic mass is 16.6. The van der Waals surface area contributed by atoms with Crippen LogP contribution in [0.4, 0.5) is 4.79 Å². The molecule has 0 unspecified atom stereocenters. The van der Waals surface area contributed by atoms with Crippen LogP contribution in [0.1, 0.15) is 97.3 Å². The van der Waals surface area contributed by atoms with E-state index in [1.165, 1.54) is 0 Å². The summed E-state index contributed by atoms with van der Waals surface area (Å²) in [5.41, 5.74) is -0.741. The van der Waals surface area contributed by atoms with E-state index in [-0.39, 0.29) is 30.4 Å². The third kappa shape index (κ3) is 8.45. The largest absolute Gasteiger partial charge is 0.464 e. The van der Waals surface area contributed by atoms with Gasteiger partial charge in [-0.15, -0.1) is 0 Å². The second-order valence-corrected chi connectivity index (χ2v) is 16.4. The third-order valence-corrected chi connectivity index (χ3v) is 11.1. The molecule has 3 aromatic rings. The minimum Gasteiger partial charge on any atom is -0.464 e. The van der Waals surface area contributed by atoms with E-state index >= 15 is 4.79 Å². The normalized spacial score (nSPS) is 26.0. The average molecular weight is 725 g/mol. The molecule has 9 nitrogen and oxygen atoms in total. The predicted octanol–water partition coefficient (Wildman–Crippen LogP) is 7.97. The van der Waals surface area contributed by atoms with Crippen LogP contribution in [0.3, 0.4) is 0 Å². The van der Waals surface area contributed by atoms with E-state index in [4.69, 9.17) is 14.2 Å². The van der Waals surface area contributed by atoms with Crippen molar-refractivity contribution in [2.24, 2.45) is 17.8 Å². The summed E-state index contributed by atoms with van der Waals surface area (Å²) >= 11 is 0. The lowest BCUT2D eigenvalue weighted by molar-refractivity contribution is -0.173. The molecule has 0 aromatic heterocycles. The van der Waals surface area contributed by atoms with Gasteiger partial charge >= 0.3 is 18.0 Å². The number of carbonyl (C=O) groups excluding carboxylic acids is 4. The van der Waals surface area contributed by atoms with Crippen LogP contribution in [0.25, 0.3) is 0 Å². The van der Waals surface area contributed by atoms with Gasteiger partial charge in [-0.1, -0.05) is 118 Å². The van der Waals surface area contributed by atoms with Crippen molar-refractivity contribution in [3.05, 3.63) is 108 Å². The zero-order chi connectivity index (χ0) is 38.6. The summed E-state index contributed by atoms with van der Waals surface area (Å²) in [6.07, 6.45) is 0.980. The first-order valence-electron chi connectivity index (χ1n) is 18.9. The Morgan fingerprint density at radius 2 is 1.43 bits per heavy atom. The van der Waals surface area contributed by atoms with Gasteiger partial charge in [0, 0.05) is 18.4 Å². The number of esters is 2. The number of hydrogen-bond acceptors (Lipinski definition) is 7. The van der Waals surface area contributed by atoms with Gasteiger partial charge in [0.25, 0.3) is 0 Å². The number of likely N-dealkylation sites (tertiary alicyclic amines) is 1. The van der Waals surface area contributed by atoms with Crippen molar-refractivity contribution in [3.63, 3.8) is 0 Å². The van der Waals surface area contributed by atoms with Crippen molar-refractivity contribution >= 4 is 23.9 Å². The van der Waals surface area contributed by atoms with Gasteiger partial charge in [0.05, 0.1) is 12.5 Å². The van der Waals surface area contributed by atoms with Gasteiger partial charge < -0.3 is 19.5 Å². The fourth-order valence-corrected chi connectivity index (χ4v) is 8.44. The molecular formula is C44H56N2O7. The van der Waals surface area contributed by atoms with Gasteiger partial charge in [-0.05, 0) is 75.5 Å². The first-order valence-corrected chi connectivity index (χ1v) is 18.9. The minimum atomic E-state index is -1.98. The molecule has 1 saturated carbocycles.